The van der Waals surface area contributed by atoms with Crippen molar-refractivity contribution >= 4 is 15.9 Å². The fourth-order valence-corrected chi connectivity index (χ4v) is 3.85. The van der Waals surface area contributed by atoms with Gasteiger partial charge >= 0.3 is 0 Å². The zero-order valence-corrected chi connectivity index (χ0v) is 16.8. The van der Waals surface area contributed by atoms with Crippen LogP contribution in [0, 0.1) is 0 Å². The van der Waals surface area contributed by atoms with Crippen LogP contribution in [0.1, 0.15) is 39.3 Å². The molecule has 0 aromatic heterocycles. The first-order valence-corrected chi connectivity index (χ1v) is 10.2. The van der Waals surface area contributed by atoms with Gasteiger partial charge in [0.05, 0.1) is 10.9 Å². The number of ether oxygens (including phenoxy) is 1. The molecule has 2 N–H and O–H groups in total. The number of rotatable bonds is 7. The zero-order chi connectivity index (χ0) is 20.1. The SMILES string of the molecule is C[C@@H](NC(=O)COc1ccc(S(=O)(=O)NC(C)(C)C)cc1)c1ccccc1. The first kappa shape index (κ1) is 20.9. The molecule has 0 aliphatic carbocycles. The summed E-state index contributed by atoms with van der Waals surface area (Å²) in [6.45, 7) is 7.07. The van der Waals surface area contributed by atoms with E-state index in [2.05, 4.69) is 10.0 Å². The lowest BCUT2D eigenvalue weighted by molar-refractivity contribution is -0.123. The molecule has 1 amide bonds. The molecule has 0 bridgehead atoms. The lowest BCUT2D eigenvalue weighted by Gasteiger charge is -2.20. The van der Waals surface area contributed by atoms with Gasteiger partial charge in [-0.15, -0.1) is 0 Å². The van der Waals surface area contributed by atoms with Crippen LogP contribution in [0.2, 0.25) is 0 Å². The molecule has 0 radical (unpaired) electrons. The van der Waals surface area contributed by atoms with E-state index in [9.17, 15) is 13.2 Å². The van der Waals surface area contributed by atoms with Gasteiger partial charge in [-0.2, -0.15) is 0 Å². The maximum Gasteiger partial charge on any atom is 0.258 e. The molecule has 0 unspecified atom stereocenters. The van der Waals surface area contributed by atoms with Crippen molar-refractivity contribution in [2.75, 3.05) is 6.61 Å². The highest BCUT2D eigenvalue weighted by atomic mass is 32.2. The van der Waals surface area contributed by atoms with Crippen LogP contribution in [0.15, 0.2) is 59.5 Å². The summed E-state index contributed by atoms with van der Waals surface area (Å²) < 4.78 is 32.6. The molecule has 0 aliphatic rings. The Balaban J connectivity index is 1.90. The zero-order valence-electron chi connectivity index (χ0n) is 16.0. The fourth-order valence-electron chi connectivity index (χ4n) is 2.43. The molecule has 146 valence electrons. The summed E-state index contributed by atoms with van der Waals surface area (Å²) >= 11 is 0. The molecule has 6 nitrogen and oxygen atoms in total. The number of hydrogen-bond acceptors (Lipinski definition) is 4. The summed E-state index contributed by atoms with van der Waals surface area (Å²) in [5.41, 5.74) is 0.438. The van der Waals surface area contributed by atoms with E-state index < -0.39 is 15.6 Å². The minimum Gasteiger partial charge on any atom is -0.484 e. The van der Waals surface area contributed by atoms with Crippen molar-refractivity contribution in [3.05, 3.63) is 60.2 Å². The molecule has 0 saturated heterocycles. The Bertz CT molecular complexity index is 857. The van der Waals surface area contributed by atoms with Crippen LogP contribution < -0.4 is 14.8 Å². The summed E-state index contributed by atoms with van der Waals surface area (Å²) in [6.07, 6.45) is 0. The van der Waals surface area contributed by atoms with E-state index in [-0.39, 0.29) is 23.5 Å². The van der Waals surface area contributed by atoms with Crippen LogP contribution in [0.5, 0.6) is 5.75 Å². The monoisotopic (exact) mass is 390 g/mol. The minimum atomic E-state index is -3.60. The highest BCUT2D eigenvalue weighted by molar-refractivity contribution is 7.89. The van der Waals surface area contributed by atoms with E-state index in [0.29, 0.717) is 5.75 Å². The van der Waals surface area contributed by atoms with E-state index in [0.717, 1.165) is 5.56 Å². The predicted octanol–water partition coefficient (Wildman–Crippen LogP) is 3.02. The largest absolute Gasteiger partial charge is 0.484 e. The average molecular weight is 391 g/mol. The number of hydrogen-bond donors (Lipinski definition) is 2. The molecule has 2 aromatic carbocycles. The fraction of sp³-hybridized carbons (Fsp3) is 0.350. The van der Waals surface area contributed by atoms with Crippen LogP contribution in [0.3, 0.4) is 0 Å². The van der Waals surface area contributed by atoms with E-state index in [4.69, 9.17) is 4.74 Å². The normalized spacial score (nSPS) is 13.0. The van der Waals surface area contributed by atoms with Crippen molar-refractivity contribution in [1.82, 2.24) is 10.0 Å². The molecule has 2 rings (SSSR count). The van der Waals surface area contributed by atoms with Crippen molar-refractivity contribution in [3.63, 3.8) is 0 Å². The maximum absolute atomic E-state index is 12.3. The predicted molar refractivity (Wildman–Crippen MR) is 105 cm³/mol. The Morgan fingerprint density at radius 2 is 1.63 bits per heavy atom. The van der Waals surface area contributed by atoms with Gasteiger partial charge in [0.25, 0.3) is 5.91 Å². The van der Waals surface area contributed by atoms with Crippen molar-refractivity contribution in [3.8, 4) is 5.75 Å². The molecule has 27 heavy (non-hydrogen) atoms. The minimum absolute atomic E-state index is 0.127. The molecule has 0 spiro atoms. The van der Waals surface area contributed by atoms with Gasteiger partial charge in [0.2, 0.25) is 10.0 Å². The molecule has 7 heteroatoms. The van der Waals surface area contributed by atoms with Gasteiger partial charge in [0.15, 0.2) is 6.61 Å². The van der Waals surface area contributed by atoms with E-state index in [1.54, 1.807) is 20.8 Å². The second-order valence-electron chi connectivity index (χ2n) is 7.32. The van der Waals surface area contributed by atoms with Gasteiger partial charge in [-0.3, -0.25) is 4.79 Å². The van der Waals surface area contributed by atoms with Gasteiger partial charge in [-0.25, -0.2) is 13.1 Å². The summed E-state index contributed by atoms with van der Waals surface area (Å²) in [7, 11) is -3.60. The van der Waals surface area contributed by atoms with Crippen LogP contribution in [0.4, 0.5) is 0 Å². The average Bonchev–Trinajstić information content (AvgIpc) is 2.59. The third-order valence-corrected chi connectivity index (χ3v) is 5.40. The first-order chi connectivity index (χ1) is 12.6. The van der Waals surface area contributed by atoms with Crippen LogP contribution in [-0.2, 0) is 14.8 Å². The lowest BCUT2D eigenvalue weighted by atomic mass is 10.1. The molecular formula is C20H26N2O4S. The van der Waals surface area contributed by atoms with Crippen molar-refractivity contribution in [1.29, 1.82) is 0 Å². The van der Waals surface area contributed by atoms with Gasteiger partial charge < -0.3 is 10.1 Å². The Morgan fingerprint density at radius 1 is 1.04 bits per heavy atom. The Labute approximate surface area is 161 Å². The Hall–Kier alpha value is -2.38. The topological polar surface area (TPSA) is 84.5 Å². The van der Waals surface area contributed by atoms with Crippen molar-refractivity contribution in [2.24, 2.45) is 0 Å². The summed E-state index contributed by atoms with van der Waals surface area (Å²) in [6, 6.07) is 15.5. The number of sulfonamides is 1. The quantitative estimate of drug-likeness (QED) is 0.761. The molecule has 2 aromatic rings. The molecule has 0 aliphatic heterocycles. The third kappa shape index (κ3) is 6.69. The van der Waals surface area contributed by atoms with Gasteiger partial charge in [0.1, 0.15) is 5.75 Å². The number of amides is 1. The number of benzene rings is 2. The van der Waals surface area contributed by atoms with E-state index in [1.165, 1.54) is 24.3 Å². The van der Waals surface area contributed by atoms with E-state index in [1.807, 2.05) is 37.3 Å². The van der Waals surface area contributed by atoms with Gasteiger partial charge in [-0.1, -0.05) is 30.3 Å². The first-order valence-electron chi connectivity index (χ1n) is 8.68. The molecule has 1 atom stereocenters. The standard InChI is InChI=1S/C20H26N2O4S/c1-15(16-8-6-5-7-9-16)21-19(23)14-26-17-10-12-18(13-11-17)27(24,25)22-20(2,3)4/h5-13,15,22H,14H2,1-4H3,(H,21,23)/t15-/m1/s1. The molecule has 0 heterocycles. The van der Waals surface area contributed by atoms with Crippen molar-refractivity contribution in [2.45, 2.75) is 44.2 Å². The van der Waals surface area contributed by atoms with Gasteiger partial charge in [-0.05, 0) is 57.5 Å². The van der Waals surface area contributed by atoms with E-state index >= 15 is 0 Å². The number of carbonyl (C=O) groups excluding carboxylic acids is 1. The summed E-state index contributed by atoms with van der Waals surface area (Å²) in [5.74, 6) is 0.171. The smallest absolute Gasteiger partial charge is 0.258 e. The third-order valence-electron chi connectivity index (χ3n) is 3.62. The summed E-state index contributed by atoms with van der Waals surface area (Å²) in [5, 5.41) is 2.86. The van der Waals surface area contributed by atoms with Crippen LogP contribution >= 0.6 is 0 Å². The highest BCUT2D eigenvalue weighted by Crippen LogP contribution is 2.18. The lowest BCUT2D eigenvalue weighted by Crippen LogP contribution is -2.40. The molecule has 0 saturated carbocycles. The Kier molecular flexibility index (Phi) is 6.62. The number of carbonyl (C=O) groups is 1. The second-order valence-corrected chi connectivity index (χ2v) is 9.00. The van der Waals surface area contributed by atoms with Crippen molar-refractivity contribution < 1.29 is 17.9 Å². The van der Waals surface area contributed by atoms with Gasteiger partial charge in [0, 0.05) is 5.54 Å². The summed E-state index contributed by atoms with van der Waals surface area (Å²) in [4.78, 5) is 12.2. The maximum atomic E-state index is 12.3. The Morgan fingerprint density at radius 3 is 2.19 bits per heavy atom. The molecular weight excluding hydrogens is 364 g/mol. The number of nitrogens with one attached hydrogen (secondary N) is 2. The van der Waals surface area contributed by atoms with Crippen LogP contribution in [-0.4, -0.2) is 26.5 Å². The van der Waals surface area contributed by atoms with Crippen LogP contribution in [0.25, 0.3) is 0 Å². The molecule has 0 fully saturated rings. The highest BCUT2D eigenvalue weighted by Gasteiger charge is 2.21. The second kappa shape index (κ2) is 8.54.